The van der Waals surface area contributed by atoms with Crippen LogP contribution in [0.2, 0.25) is 0 Å². The van der Waals surface area contributed by atoms with Crippen LogP contribution in [0.5, 0.6) is 0 Å². The van der Waals surface area contributed by atoms with Crippen molar-refractivity contribution in [2.24, 2.45) is 0 Å². The number of rotatable bonds is 3. The van der Waals surface area contributed by atoms with Gasteiger partial charge in [-0.15, -0.1) is 0 Å². The van der Waals surface area contributed by atoms with Gasteiger partial charge < -0.3 is 4.57 Å². The van der Waals surface area contributed by atoms with E-state index in [4.69, 9.17) is 0 Å². The van der Waals surface area contributed by atoms with Crippen LogP contribution < -0.4 is 0 Å². The summed E-state index contributed by atoms with van der Waals surface area (Å²) >= 11 is 0. The van der Waals surface area contributed by atoms with E-state index >= 15 is 0 Å². The normalized spacial score (nSPS) is 11.7. The van der Waals surface area contributed by atoms with Crippen molar-refractivity contribution < 1.29 is 0 Å². The summed E-state index contributed by atoms with van der Waals surface area (Å²) in [6, 6.07) is 53.0. The van der Waals surface area contributed by atoms with Gasteiger partial charge in [0.2, 0.25) is 0 Å². The highest BCUT2D eigenvalue weighted by molar-refractivity contribution is 6.25. The average molecular weight is 547 g/mol. The van der Waals surface area contributed by atoms with Crippen molar-refractivity contribution in [3.05, 3.63) is 158 Å². The molecule has 0 aliphatic heterocycles. The summed E-state index contributed by atoms with van der Waals surface area (Å²) in [4.78, 5) is 4.45. The van der Waals surface area contributed by atoms with Gasteiger partial charge in [0.25, 0.3) is 0 Å². The highest BCUT2D eigenvalue weighted by Gasteiger charge is 2.15. The maximum absolute atomic E-state index is 4.45. The van der Waals surface area contributed by atoms with E-state index in [-0.39, 0.29) is 0 Å². The minimum absolute atomic E-state index is 1.10. The van der Waals surface area contributed by atoms with Gasteiger partial charge in [-0.1, -0.05) is 103 Å². The number of pyridine rings is 1. The van der Waals surface area contributed by atoms with E-state index in [0.29, 0.717) is 0 Å². The van der Waals surface area contributed by atoms with E-state index in [2.05, 4.69) is 149 Å². The van der Waals surface area contributed by atoms with Crippen molar-refractivity contribution in [1.29, 1.82) is 0 Å². The van der Waals surface area contributed by atoms with Crippen LogP contribution in [-0.4, -0.2) is 9.55 Å². The van der Waals surface area contributed by atoms with Gasteiger partial charge in [-0.3, -0.25) is 4.98 Å². The van der Waals surface area contributed by atoms with Gasteiger partial charge >= 0.3 is 0 Å². The Hall–Kier alpha value is -5.73. The smallest absolute Gasteiger partial charge is 0.0541 e. The van der Waals surface area contributed by atoms with Crippen LogP contribution in [0.3, 0.4) is 0 Å². The molecule has 2 nitrogen and oxygen atoms in total. The summed E-state index contributed by atoms with van der Waals surface area (Å²) in [6.45, 7) is 0. The Bertz CT molecular complexity index is 2410. The van der Waals surface area contributed by atoms with E-state index in [9.17, 15) is 0 Å². The number of nitrogens with zero attached hydrogens (tertiary/aromatic N) is 2. The predicted molar refractivity (Wildman–Crippen MR) is 182 cm³/mol. The second-order valence-corrected chi connectivity index (χ2v) is 11.2. The monoisotopic (exact) mass is 546 g/mol. The Morgan fingerprint density at radius 1 is 0.349 bits per heavy atom. The van der Waals surface area contributed by atoms with E-state index in [1.54, 1.807) is 0 Å². The number of hydrogen-bond donors (Lipinski definition) is 0. The number of fused-ring (bicyclic) bond motifs is 9. The quantitative estimate of drug-likeness (QED) is 0.202. The van der Waals surface area contributed by atoms with Crippen LogP contribution in [-0.2, 0) is 0 Å². The van der Waals surface area contributed by atoms with Crippen molar-refractivity contribution in [1.82, 2.24) is 9.55 Å². The SMILES string of the molecule is c1cncc(-c2cc(-c3ccc4c5ccccc5c5ccccc5c4c3)cc(-n3c4ccccc4c4ccccc43)c2)c1. The predicted octanol–water partition coefficient (Wildman–Crippen LogP) is 11.0. The highest BCUT2D eigenvalue weighted by atomic mass is 15.0. The van der Waals surface area contributed by atoms with Crippen molar-refractivity contribution in [2.45, 2.75) is 0 Å². The van der Waals surface area contributed by atoms with E-state index < -0.39 is 0 Å². The average Bonchev–Trinajstić information content (AvgIpc) is 3.43. The largest absolute Gasteiger partial charge is 0.309 e. The molecule has 0 atom stereocenters. The number of aromatic nitrogens is 2. The molecule has 0 N–H and O–H groups in total. The summed E-state index contributed by atoms with van der Waals surface area (Å²) in [5.74, 6) is 0. The Morgan fingerprint density at radius 2 is 0.860 bits per heavy atom. The number of hydrogen-bond acceptors (Lipinski definition) is 1. The minimum atomic E-state index is 1.10. The first-order valence-corrected chi connectivity index (χ1v) is 14.7. The maximum Gasteiger partial charge on any atom is 0.0541 e. The molecule has 0 aliphatic carbocycles. The fourth-order valence-corrected chi connectivity index (χ4v) is 6.90. The molecule has 0 fully saturated rings. The first-order chi connectivity index (χ1) is 21.3. The molecule has 0 radical (unpaired) electrons. The second kappa shape index (κ2) is 9.40. The lowest BCUT2D eigenvalue weighted by Crippen LogP contribution is -1.96. The fourth-order valence-electron chi connectivity index (χ4n) is 6.90. The standard InChI is InChI=1S/C41H26N2/c1-2-13-34-32(11-1)33-12-3-4-14-35(33)39-25-27(19-20-36(34)39)29-22-30(28-10-9-21-42-26-28)24-31(23-29)43-40-17-7-5-15-37(40)38-16-6-8-18-41(38)43/h1-26H. The maximum atomic E-state index is 4.45. The number of benzene rings is 7. The van der Waals surface area contributed by atoms with Crippen LogP contribution in [0.4, 0.5) is 0 Å². The molecule has 0 bridgehead atoms. The molecule has 2 aromatic heterocycles. The van der Waals surface area contributed by atoms with Crippen LogP contribution in [0.1, 0.15) is 0 Å². The molecule has 2 heterocycles. The van der Waals surface area contributed by atoms with Crippen LogP contribution in [0.25, 0.3) is 82.1 Å². The molecule has 0 spiro atoms. The highest BCUT2D eigenvalue weighted by Crippen LogP contribution is 2.39. The molecular formula is C41H26N2. The van der Waals surface area contributed by atoms with Crippen molar-refractivity contribution >= 4 is 54.1 Å². The molecule has 9 rings (SSSR count). The van der Waals surface area contributed by atoms with E-state index in [1.165, 1.54) is 65.3 Å². The summed E-state index contributed by atoms with van der Waals surface area (Å²) in [7, 11) is 0. The molecule has 2 heteroatoms. The third-order valence-electron chi connectivity index (χ3n) is 8.83. The Kier molecular flexibility index (Phi) is 5.23. The Morgan fingerprint density at radius 3 is 1.44 bits per heavy atom. The molecule has 0 amide bonds. The topological polar surface area (TPSA) is 17.8 Å². The molecule has 0 saturated heterocycles. The van der Waals surface area contributed by atoms with Gasteiger partial charge in [0.15, 0.2) is 0 Å². The van der Waals surface area contributed by atoms with Gasteiger partial charge in [-0.05, 0) is 91.5 Å². The molecule has 7 aromatic carbocycles. The third-order valence-corrected chi connectivity index (χ3v) is 8.83. The second-order valence-electron chi connectivity index (χ2n) is 11.2. The summed E-state index contributed by atoms with van der Waals surface area (Å²) < 4.78 is 2.40. The van der Waals surface area contributed by atoms with Gasteiger partial charge in [0.1, 0.15) is 0 Å². The van der Waals surface area contributed by atoms with E-state index in [1.807, 2.05) is 18.5 Å². The zero-order valence-electron chi connectivity index (χ0n) is 23.4. The third kappa shape index (κ3) is 3.70. The molecule has 9 aromatic rings. The minimum Gasteiger partial charge on any atom is -0.309 e. The van der Waals surface area contributed by atoms with Crippen LogP contribution in [0, 0.1) is 0 Å². The summed E-state index contributed by atoms with van der Waals surface area (Å²) in [5.41, 5.74) is 8.16. The first-order valence-electron chi connectivity index (χ1n) is 14.7. The molecule has 200 valence electrons. The molecule has 43 heavy (non-hydrogen) atoms. The lowest BCUT2D eigenvalue weighted by molar-refractivity contribution is 1.18. The zero-order valence-corrected chi connectivity index (χ0v) is 23.4. The Labute approximate surface area is 249 Å². The van der Waals surface area contributed by atoms with Crippen LogP contribution >= 0.6 is 0 Å². The summed E-state index contributed by atoms with van der Waals surface area (Å²) in [5, 5.41) is 10.2. The molecular weight excluding hydrogens is 520 g/mol. The molecule has 0 aliphatic rings. The zero-order chi connectivity index (χ0) is 28.3. The van der Waals surface area contributed by atoms with Crippen molar-refractivity contribution in [3.63, 3.8) is 0 Å². The van der Waals surface area contributed by atoms with Crippen molar-refractivity contribution in [2.75, 3.05) is 0 Å². The van der Waals surface area contributed by atoms with Crippen LogP contribution in [0.15, 0.2) is 158 Å². The Balaban J connectivity index is 1.35. The van der Waals surface area contributed by atoms with Gasteiger partial charge in [-0.2, -0.15) is 0 Å². The van der Waals surface area contributed by atoms with E-state index in [0.717, 1.165) is 16.8 Å². The van der Waals surface area contributed by atoms with Crippen molar-refractivity contribution in [3.8, 4) is 27.9 Å². The lowest BCUT2D eigenvalue weighted by Gasteiger charge is -2.15. The van der Waals surface area contributed by atoms with Gasteiger partial charge in [-0.25, -0.2) is 0 Å². The van der Waals surface area contributed by atoms with Gasteiger partial charge in [0.05, 0.1) is 11.0 Å². The molecule has 0 unspecified atom stereocenters. The van der Waals surface area contributed by atoms with Gasteiger partial charge in [0, 0.05) is 34.4 Å². The fraction of sp³-hybridized carbons (Fsp3) is 0. The number of para-hydroxylation sites is 2. The lowest BCUT2D eigenvalue weighted by atomic mass is 9.91. The summed E-state index contributed by atoms with van der Waals surface area (Å²) in [6.07, 6.45) is 3.79. The molecule has 0 saturated carbocycles. The first kappa shape index (κ1) is 23.9.